The van der Waals surface area contributed by atoms with Gasteiger partial charge in [0.25, 0.3) is 0 Å². The maximum atomic E-state index is 11.8. The van der Waals surface area contributed by atoms with Crippen LogP contribution in [0.1, 0.15) is 23.4 Å². The van der Waals surface area contributed by atoms with Crippen molar-refractivity contribution in [3.8, 4) is 5.75 Å². The van der Waals surface area contributed by atoms with E-state index in [1.807, 2.05) is 18.2 Å². The summed E-state index contributed by atoms with van der Waals surface area (Å²) in [6, 6.07) is 14.6. The lowest BCUT2D eigenvalue weighted by atomic mass is 10.2. The minimum atomic E-state index is -0.119. The van der Waals surface area contributed by atoms with Crippen molar-refractivity contribution in [1.29, 1.82) is 0 Å². The summed E-state index contributed by atoms with van der Waals surface area (Å²) in [6.45, 7) is 0. The zero-order valence-corrected chi connectivity index (χ0v) is 13.8. The third-order valence-electron chi connectivity index (χ3n) is 3.43. The number of carbonyl (C=O) groups excluding carboxylic acids is 1. The van der Waals surface area contributed by atoms with Gasteiger partial charge in [0, 0.05) is 6.42 Å². The number of benzene rings is 2. The number of rotatable bonds is 6. The number of phenols is 1. The normalized spacial score (nSPS) is 11.2. The third-order valence-corrected chi connectivity index (χ3v) is 4.52. The van der Waals surface area contributed by atoms with E-state index < -0.39 is 0 Å². The Morgan fingerprint density at radius 1 is 1.21 bits per heavy atom. The predicted octanol–water partition coefficient (Wildman–Crippen LogP) is 3.47. The first-order valence-electron chi connectivity index (χ1n) is 7.66. The second-order valence-corrected chi connectivity index (χ2v) is 6.43. The Labute approximate surface area is 143 Å². The third kappa shape index (κ3) is 4.39. The Morgan fingerprint density at radius 2 is 2.00 bits per heavy atom. The number of aromatic hydroxyl groups is 1. The molecule has 0 bridgehead atoms. The molecule has 3 rings (SSSR count). The van der Waals surface area contributed by atoms with E-state index in [1.54, 1.807) is 41.8 Å². The second-order valence-electron chi connectivity index (χ2n) is 5.31. The summed E-state index contributed by atoms with van der Waals surface area (Å²) in [5, 5.41) is 14.2. The van der Waals surface area contributed by atoms with Gasteiger partial charge in [0.05, 0.1) is 21.4 Å². The van der Waals surface area contributed by atoms with E-state index in [2.05, 4.69) is 21.6 Å². The average molecular weight is 339 g/mol. The van der Waals surface area contributed by atoms with Crippen LogP contribution in [-0.4, -0.2) is 22.2 Å². The van der Waals surface area contributed by atoms with Crippen LogP contribution in [0.2, 0.25) is 0 Å². The van der Waals surface area contributed by atoms with E-state index in [4.69, 9.17) is 0 Å². The van der Waals surface area contributed by atoms with Crippen LogP contribution in [0, 0.1) is 0 Å². The first-order valence-corrected chi connectivity index (χ1v) is 8.48. The van der Waals surface area contributed by atoms with Gasteiger partial charge in [-0.1, -0.05) is 12.1 Å². The van der Waals surface area contributed by atoms with Gasteiger partial charge < -0.3 is 5.11 Å². The number of nitrogens with one attached hydrogen (secondary N) is 1. The number of carbonyl (C=O) groups is 1. The highest BCUT2D eigenvalue weighted by molar-refractivity contribution is 7.18. The SMILES string of the molecule is O=C(CCCc1nc2ccccc2s1)N/N=C/c1ccc(O)cc1. The highest BCUT2D eigenvalue weighted by atomic mass is 32.1. The van der Waals surface area contributed by atoms with Crippen molar-refractivity contribution in [2.24, 2.45) is 5.10 Å². The van der Waals surface area contributed by atoms with Crippen molar-refractivity contribution in [2.75, 3.05) is 0 Å². The molecule has 0 aliphatic heterocycles. The number of nitrogens with zero attached hydrogens (tertiary/aromatic N) is 2. The lowest BCUT2D eigenvalue weighted by molar-refractivity contribution is -0.121. The Bertz CT molecular complexity index is 823. The number of hydrazone groups is 1. The summed E-state index contributed by atoms with van der Waals surface area (Å²) in [7, 11) is 0. The number of thiazole rings is 1. The maximum absolute atomic E-state index is 11.8. The minimum Gasteiger partial charge on any atom is -0.508 e. The van der Waals surface area contributed by atoms with Gasteiger partial charge in [-0.25, -0.2) is 10.4 Å². The molecule has 0 saturated heterocycles. The Balaban J connectivity index is 1.43. The van der Waals surface area contributed by atoms with Crippen molar-refractivity contribution in [3.63, 3.8) is 0 Å². The predicted molar refractivity (Wildman–Crippen MR) is 96.4 cm³/mol. The zero-order chi connectivity index (χ0) is 16.8. The molecular formula is C18H17N3O2S. The van der Waals surface area contributed by atoms with E-state index in [0.29, 0.717) is 6.42 Å². The van der Waals surface area contributed by atoms with Crippen molar-refractivity contribution in [2.45, 2.75) is 19.3 Å². The monoisotopic (exact) mass is 339 g/mol. The van der Waals surface area contributed by atoms with Gasteiger partial charge in [0.1, 0.15) is 5.75 Å². The molecule has 2 aromatic carbocycles. The highest BCUT2D eigenvalue weighted by Gasteiger charge is 2.05. The molecule has 0 saturated carbocycles. The number of fused-ring (bicyclic) bond motifs is 1. The van der Waals surface area contributed by atoms with Gasteiger partial charge in [-0.05, 0) is 54.8 Å². The number of amides is 1. The van der Waals surface area contributed by atoms with E-state index in [0.717, 1.165) is 28.9 Å². The van der Waals surface area contributed by atoms with Crippen LogP contribution in [-0.2, 0) is 11.2 Å². The quantitative estimate of drug-likeness (QED) is 0.533. The molecule has 6 heteroatoms. The smallest absolute Gasteiger partial charge is 0.240 e. The molecule has 0 spiro atoms. The average Bonchev–Trinajstić information content (AvgIpc) is 2.99. The molecule has 0 fully saturated rings. The number of hydrogen-bond donors (Lipinski definition) is 2. The molecular weight excluding hydrogens is 322 g/mol. The maximum Gasteiger partial charge on any atom is 0.240 e. The fourth-order valence-corrected chi connectivity index (χ4v) is 3.23. The van der Waals surface area contributed by atoms with Crippen molar-refractivity contribution in [1.82, 2.24) is 10.4 Å². The van der Waals surface area contributed by atoms with Gasteiger partial charge in [0.15, 0.2) is 0 Å². The molecule has 1 heterocycles. The Morgan fingerprint density at radius 3 is 2.79 bits per heavy atom. The Hall–Kier alpha value is -2.73. The summed E-state index contributed by atoms with van der Waals surface area (Å²) in [5.74, 6) is 0.0807. The van der Waals surface area contributed by atoms with Crippen LogP contribution in [0.4, 0.5) is 0 Å². The van der Waals surface area contributed by atoms with Crippen molar-refractivity contribution < 1.29 is 9.90 Å². The number of hydrogen-bond acceptors (Lipinski definition) is 5. The number of para-hydroxylation sites is 1. The van der Waals surface area contributed by atoms with Crippen LogP contribution >= 0.6 is 11.3 Å². The lowest BCUT2D eigenvalue weighted by Crippen LogP contribution is -2.17. The standard InChI is InChI=1S/C18H17N3O2S/c22-14-10-8-13(9-11-14)12-19-21-17(23)6-3-7-18-20-15-4-1-2-5-16(15)24-18/h1-2,4-5,8-12,22H,3,6-7H2,(H,21,23)/b19-12+. The van der Waals surface area contributed by atoms with Gasteiger partial charge in [0.2, 0.25) is 5.91 Å². The van der Waals surface area contributed by atoms with Crippen LogP contribution < -0.4 is 5.43 Å². The molecule has 5 nitrogen and oxygen atoms in total. The highest BCUT2D eigenvalue weighted by Crippen LogP contribution is 2.22. The van der Waals surface area contributed by atoms with Crippen molar-refractivity contribution in [3.05, 3.63) is 59.1 Å². The van der Waals surface area contributed by atoms with E-state index in [9.17, 15) is 9.90 Å². The Kier molecular flexibility index (Phi) is 5.18. The molecule has 0 aliphatic carbocycles. The van der Waals surface area contributed by atoms with Crippen LogP contribution in [0.25, 0.3) is 10.2 Å². The summed E-state index contributed by atoms with van der Waals surface area (Å²) < 4.78 is 1.18. The summed E-state index contributed by atoms with van der Waals surface area (Å²) >= 11 is 1.67. The van der Waals surface area contributed by atoms with Crippen LogP contribution in [0.5, 0.6) is 5.75 Å². The molecule has 1 amide bonds. The summed E-state index contributed by atoms with van der Waals surface area (Å²) in [6.07, 6.45) is 3.47. The molecule has 122 valence electrons. The molecule has 2 N–H and O–H groups in total. The fraction of sp³-hybridized carbons (Fsp3) is 0.167. The molecule has 0 radical (unpaired) electrons. The minimum absolute atomic E-state index is 0.119. The van der Waals surface area contributed by atoms with Gasteiger partial charge in [-0.2, -0.15) is 5.10 Å². The molecule has 0 unspecified atom stereocenters. The summed E-state index contributed by atoms with van der Waals surface area (Å²) in [5.41, 5.74) is 4.33. The lowest BCUT2D eigenvalue weighted by Gasteiger charge is -1.99. The molecule has 1 aromatic heterocycles. The van der Waals surface area contributed by atoms with E-state index in [-0.39, 0.29) is 11.7 Å². The van der Waals surface area contributed by atoms with Gasteiger partial charge in [-0.3, -0.25) is 4.79 Å². The van der Waals surface area contributed by atoms with E-state index >= 15 is 0 Å². The first kappa shape index (κ1) is 16.1. The van der Waals surface area contributed by atoms with Crippen molar-refractivity contribution >= 4 is 33.7 Å². The van der Waals surface area contributed by atoms with Gasteiger partial charge in [-0.15, -0.1) is 11.3 Å². The topological polar surface area (TPSA) is 74.6 Å². The number of aryl methyl sites for hydroxylation is 1. The zero-order valence-electron chi connectivity index (χ0n) is 13.0. The van der Waals surface area contributed by atoms with Crippen LogP contribution in [0.3, 0.4) is 0 Å². The fourth-order valence-electron chi connectivity index (χ4n) is 2.22. The molecule has 0 aliphatic rings. The largest absolute Gasteiger partial charge is 0.508 e. The second kappa shape index (κ2) is 7.70. The van der Waals surface area contributed by atoms with Crippen LogP contribution in [0.15, 0.2) is 53.6 Å². The number of phenolic OH excluding ortho intramolecular Hbond substituents is 1. The first-order chi connectivity index (χ1) is 11.7. The van der Waals surface area contributed by atoms with Gasteiger partial charge >= 0.3 is 0 Å². The number of aromatic nitrogens is 1. The van der Waals surface area contributed by atoms with E-state index in [1.165, 1.54) is 4.70 Å². The molecule has 0 atom stereocenters. The summed E-state index contributed by atoms with van der Waals surface area (Å²) in [4.78, 5) is 16.3. The molecule has 3 aromatic rings. The molecule has 24 heavy (non-hydrogen) atoms.